The zero-order chi connectivity index (χ0) is 20.4. The average Bonchev–Trinajstić information content (AvgIpc) is 3.38. The van der Waals surface area contributed by atoms with Crippen molar-refractivity contribution in [3.63, 3.8) is 0 Å². The number of rotatable bonds is 4. The SMILES string of the molecule is CC1CN(C(=O)c2ccc(NC(=O)c3ncoc3-c3cccs3)cc2)CC(C)O1. The molecule has 1 saturated heterocycles. The predicted molar refractivity (Wildman–Crippen MR) is 110 cm³/mol. The quantitative estimate of drug-likeness (QED) is 0.704. The number of thiophene rings is 1. The third kappa shape index (κ3) is 4.23. The van der Waals surface area contributed by atoms with Gasteiger partial charge in [0.2, 0.25) is 0 Å². The van der Waals surface area contributed by atoms with Gasteiger partial charge in [0.1, 0.15) is 0 Å². The lowest BCUT2D eigenvalue weighted by atomic mass is 10.1. The standard InChI is InChI=1S/C21H21N3O4S/c1-13-10-24(11-14(2)28-13)21(26)15-5-7-16(8-6-15)23-20(25)18-19(27-12-22-18)17-4-3-9-29-17/h3-9,12-14H,10-11H2,1-2H3,(H,23,25). The van der Waals surface area contributed by atoms with Crippen molar-refractivity contribution in [1.29, 1.82) is 0 Å². The van der Waals surface area contributed by atoms with Crippen LogP contribution in [0, 0.1) is 0 Å². The summed E-state index contributed by atoms with van der Waals surface area (Å²) >= 11 is 1.47. The molecule has 7 nitrogen and oxygen atoms in total. The number of carbonyl (C=O) groups is 2. The van der Waals surface area contributed by atoms with Crippen molar-refractivity contribution in [2.24, 2.45) is 0 Å². The van der Waals surface area contributed by atoms with Crippen molar-refractivity contribution < 1.29 is 18.7 Å². The van der Waals surface area contributed by atoms with Gasteiger partial charge in [0.05, 0.1) is 17.1 Å². The van der Waals surface area contributed by atoms with E-state index in [9.17, 15) is 9.59 Å². The van der Waals surface area contributed by atoms with Gasteiger partial charge in [-0.15, -0.1) is 11.3 Å². The number of morpholine rings is 1. The largest absolute Gasteiger partial charge is 0.442 e. The molecule has 2 unspecified atom stereocenters. The van der Waals surface area contributed by atoms with Gasteiger partial charge in [-0.05, 0) is 49.6 Å². The molecule has 0 bridgehead atoms. The van der Waals surface area contributed by atoms with E-state index in [2.05, 4.69) is 10.3 Å². The second-order valence-electron chi connectivity index (χ2n) is 7.01. The van der Waals surface area contributed by atoms with Crippen LogP contribution in [0.25, 0.3) is 10.6 Å². The highest BCUT2D eigenvalue weighted by molar-refractivity contribution is 7.13. The second kappa shape index (κ2) is 8.18. The van der Waals surface area contributed by atoms with Crippen LogP contribution in [-0.2, 0) is 4.74 Å². The fraction of sp³-hybridized carbons (Fsp3) is 0.286. The van der Waals surface area contributed by atoms with E-state index < -0.39 is 0 Å². The molecule has 8 heteroatoms. The summed E-state index contributed by atoms with van der Waals surface area (Å²) in [7, 11) is 0. The van der Waals surface area contributed by atoms with Crippen LogP contribution < -0.4 is 5.32 Å². The highest BCUT2D eigenvalue weighted by atomic mass is 32.1. The van der Waals surface area contributed by atoms with Gasteiger partial charge in [-0.25, -0.2) is 4.98 Å². The van der Waals surface area contributed by atoms with E-state index in [0.717, 1.165) is 4.88 Å². The Balaban J connectivity index is 1.44. The average molecular weight is 411 g/mol. The second-order valence-corrected chi connectivity index (χ2v) is 7.95. The molecule has 29 heavy (non-hydrogen) atoms. The Labute approximate surface area is 172 Å². The number of nitrogens with one attached hydrogen (secondary N) is 1. The molecule has 1 aromatic carbocycles. The van der Waals surface area contributed by atoms with Gasteiger partial charge >= 0.3 is 0 Å². The lowest BCUT2D eigenvalue weighted by molar-refractivity contribution is -0.0586. The highest BCUT2D eigenvalue weighted by Crippen LogP contribution is 2.28. The number of ether oxygens (including phenoxy) is 1. The third-order valence-corrected chi connectivity index (χ3v) is 5.49. The lowest BCUT2D eigenvalue weighted by Gasteiger charge is -2.35. The van der Waals surface area contributed by atoms with Crippen LogP contribution >= 0.6 is 11.3 Å². The molecule has 2 atom stereocenters. The Kier molecular flexibility index (Phi) is 5.46. The van der Waals surface area contributed by atoms with Crippen molar-refractivity contribution in [2.75, 3.05) is 18.4 Å². The summed E-state index contributed by atoms with van der Waals surface area (Å²) < 4.78 is 11.1. The van der Waals surface area contributed by atoms with Crippen molar-refractivity contribution in [3.05, 3.63) is 59.4 Å². The summed E-state index contributed by atoms with van der Waals surface area (Å²) in [5.41, 5.74) is 1.38. The molecule has 1 N–H and O–H groups in total. The Morgan fingerprint density at radius 1 is 1.14 bits per heavy atom. The summed E-state index contributed by atoms with van der Waals surface area (Å²) in [6.45, 7) is 5.06. The summed E-state index contributed by atoms with van der Waals surface area (Å²) in [4.78, 5) is 32.0. The zero-order valence-corrected chi connectivity index (χ0v) is 16.9. The fourth-order valence-corrected chi connectivity index (χ4v) is 4.12. The molecule has 0 saturated carbocycles. The maximum atomic E-state index is 12.7. The number of amides is 2. The number of anilines is 1. The summed E-state index contributed by atoms with van der Waals surface area (Å²) in [6, 6.07) is 10.6. The molecule has 2 aromatic heterocycles. The smallest absolute Gasteiger partial charge is 0.278 e. The monoisotopic (exact) mass is 411 g/mol. The van der Waals surface area contributed by atoms with E-state index in [0.29, 0.717) is 30.1 Å². The first kappa shape index (κ1) is 19.4. The molecule has 2 amide bonds. The first-order valence-electron chi connectivity index (χ1n) is 9.35. The van der Waals surface area contributed by atoms with E-state index in [-0.39, 0.29) is 29.7 Å². The van der Waals surface area contributed by atoms with Gasteiger partial charge in [-0.3, -0.25) is 9.59 Å². The van der Waals surface area contributed by atoms with Gasteiger partial charge in [-0.2, -0.15) is 0 Å². The third-order valence-electron chi connectivity index (χ3n) is 4.62. The predicted octanol–water partition coefficient (Wildman–Crippen LogP) is 3.90. The zero-order valence-electron chi connectivity index (χ0n) is 16.1. The highest BCUT2D eigenvalue weighted by Gasteiger charge is 2.26. The van der Waals surface area contributed by atoms with Gasteiger partial charge in [-0.1, -0.05) is 6.07 Å². The van der Waals surface area contributed by atoms with Gasteiger partial charge < -0.3 is 19.4 Å². The number of benzene rings is 1. The maximum Gasteiger partial charge on any atom is 0.278 e. The van der Waals surface area contributed by atoms with Gasteiger partial charge in [0.25, 0.3) is 11.8 Å². The Bertz CT molecular complexity index is 987. The van der Waals surface area contributed by atoms with Gasteiger partial charge in [0, 0.05) is 24.3 Å². The maximum absolute atomic E-state index is 12.7. The molecule has 4 rings (SSSR count). The molecular formula is C21H21N3O4S. The first-order valence-corrected chi connectivity index (χ1v) is 10.2. The van der Waals surface area contributed by atoms with Crippen LogP contribution in [0.3, 0.4) is 0 Å². The Morgan fingerprint density at radius 2 is 1.86 bits per heavy atom. The minimum atomic E-state index is -0.364. The summed E-state index contributed by atoms with van der Waals surface area (Å²) in [6.07, 6.45) is 1.29. The molecule has 0 spiro atoms. The molecule has 3 heterocycles. The van der Waals surface area contributed by atoms with E-state index >= 15 is 0 Å². The molecule has 0 aliphatic carbocycles. The molecule has 3 aromatic rings. The molecule has 1 aliphatic heterocycles. The van der Waals surface area contributed by atoms with Crippen LogP contribution in [0.4, 0.5) is 5.69 Å². The number of nitrogens with zero attached hydrogens (tertiary/aromatic N) is 2. The minimum Gasteiger partial charge on any atom is -0.442 e. The topological polar surface area (TPSA) is 84.7 Å². The molecule has 0 radical (unpaired) electrons. The Morgan fingerprint density at radius 3 is 2.52 bits per heavy atom. The van der Waals surface area contributed by atoms with Crippen LogP contribution in [-0.4, -0.2) is 47.0 Å². The molecule has 150 valence electrons. The van der Waals surface area contributed by atoms with Crippen LogP contribution in [0.5, 0.6) is 0 Å². The van der Waals surface area contributed by atoms with Crippen molar-refractivity contribution in [1.82, 2.24) is 9.88 Å². The number of hydrogen-bond donors (Lipinski definition) is 1. The lowest BCUT2D eigenvalue weighted by Crippen LogP contribution is -2.48. The van der Waals surface area contributed by atoms with Crippen LogP contribution in [0.2, 0.25) is 0 Å². The van der Waals surface area contributed by atoms with E-state index in [1.54, 1.807) is 29.2 Å². The summed E-state index contributed by atoms with van der Waals surface area (Å²) in [5, 5.41) is 4.71. The Hall–Kier alpha value is -2.97. The number of oxazole rings is 1. The molecular weight excluding hydrogens is 390 g/mol. The minimum absolute atomic E-state index is 0.0151. The molecule has 1 fully saturated rings. The van der Waals surface area contributed by atoms with E-state index in [1.165, 1.54) is 17.7 Å². The molecule has 1 aliphatic rings. The fourth-order valence-electron chi connectivity index (χ4n) is 3.40. The van der Waals surface area contributed by atoms with Crippen LogP contribution in [0.15, 0.2) is 52.6 Å². The van der Waals surface area contributed by atoms with Crippen molar-refractivity contribution in [2.45, 2.75) is 26.1 Å². The number of aromatic nitrogens is 1. The van der Waals surface area contributed by atoms with Crippen LogP contribution in [0.1, 0.15) is 34.7 Å². The van der Waals surface area contributed by atoms with Crippen molar-refractivity contribution >= 4 is 28.8 Å². The number of carbonyl (C=O) groups excluding carboxylic acids is 2. The van der Waals surface area contributed by atoms with Gasteiger partial charge in [0.15, 0.2) is 17.8 Å². The first-order chi connectivity index (χ1) is 14.0. The van der Waals surface area contributed by atoms with E-state index in [4.69, 9.17) is 9.15 Å². The normalized spacial score (nSPS) is 19.2. The van der Waals surface area contributed by atoms with E-state index in [1.807, 2.05) is 31.4 Å². The summed E-state index contributed by atoms with van der Waals surface area (Å²) in [5.74, 6) is 0.0401. The number of hydrogen-bond acceptors (Lipinski definition) is 6. The van der Waals surface area contributed by atoms with Crippen molar-refractivity contribution in [3.8, 4) is 10.6 Å².